The van der Waals surface area contributed by atoms with E-state index in [-0.39, 0.29) is 11.7 Å². The quantitative estimate of drug-likeness (QED) is 0.799. The molecule has 1 fully saturated rings. The Hall–Kier alpha value is -1.38. The molecule has 1 aliphatic rings. The monoisotopic (exact) mass is 235 g/mol. The lowest BCUT2D eigenvalue weighted by atomic mass is 10.00. The van der Waals surface area contributed by atoms with Crippen LogP contribution in [0.1, 0.15) is 26.2 Å². The van der Waals surface area contributed by atoms with Gasteiger partial charge in [-0.3, -0.25) is 4.79 Å². The van der Waals surface area contributed by atoms with Crippen molar-refractivity contribution < 1.29 is 9.18 Å². The van der Waals surface area contributed by atoms with Gasteiger partial charge in [-0.25, -0.2) is 4.39 Å². The second kappa shape index (κ2) is 5.30. The third-order valence-electron chi connectivity index (χ3n) is 3.31. The van der Waals surface area contributed by atoms with Crippen molar-refractivity contribution in [1.82, 2.24) is 0 Å². The lowest BCUT2D eigenvalue weighted by Crippen LogP contribution is -2.22. The first-order valence-electron chi connectivity index (χ1n) is 6.24. The SMILES string of the molecule is CCCC(=O)C1CCN(c2cccc(F)c2)C1. The molecule has 92 valence electrons. The minimum absolute atomic E-state index is 0.137. The highest BCUT2D eigenvalue weighted by atomic mass is 19.1. The van der Waals surface area contributed by atoms with Gasteiger partial charge in [0.2, 0.25) is 0 Å². The fraction of sp³-hybridized carbons (Fsp3) is 0.500. The van der Waals surface area contributed by atoms with Gasteiger partial charge in [0.05, 0.1) is 0 Å². The van der Waals surface area contributed by atoms with Crippen molar-refractivity contribution in [3.63, 3.8) is 0 Å². The number of benzene rings is 1. The molecule has 1 aromatic rings. The molecular weight excluding hydrogens is 217 g/mol. The second-order valence-electron chi connectivity index (χ2n) is 4.63. The van der Waals surface area contributed by atoms with Crippen molar-refractivity contribution in [3.8, 4) is 0 Å². The predicted molar refractivity (Wildman–Crippen MR) is 66.6 cm³/mol. The molecule has 0 aromatic heterocycles. The molecular formula is C14H18FNO. The van der Waals surface area contributed by atoms with E-state index in [1.54, 1.807) is 6.07 Å². The normalized spacial score (nSPS) is 19.6. The molecule has 1 atom stereocenters. The van der Waals surface area contributed by atoms with Crippen LogP contribution in [0.15, 0.2) is 24.3 Å². The van der Waals surface area contributed by atoms with Crippen molar-refractivity contribution in [3.05, 3.63) is 30.1 Å². The fourth-order valence-corrected chi connectivity index (χ4v) is 2.38. The van der Waals surface area contributed by atoms with Gasteiger partial charge in [-0.1, -0.05) is 13.0 Å². The Balaban J connectivity index is 2.00. The summed E-state index contributed by atoms with van der Waals surface area (Å²) in [6.07, 6.45) is 2.48. The largest absolute Gasteiger partial charge is 0.371 e. The average molecular weight is 235 g/mol. The van der Waals surface area contributed by atoms with E-state index in [2.05, 4.69) is 4.90 Å². The smallest absolute Gasteiger partial charge is 0.137 e. The lowest BCUT2D eigenvalue weighted by molar-refractivity contribution is -0.122. The van der Waals surface area contributed by atoms with Crippen LogP contribution in [-0.2, 0) is 4.79 Å². The molecule has 2 rings (SSSR count). The van der Waals surface area contributed by atoms with Crippen LogP contribution in [0.3, 0.4) is 0 Å². The predicted octanol–water partition coefficient (Wildman–Crippen LogP) is 3.02. The average Bonchev–Trinajstić information content (AvgIpc) is 2.78. The fourth-order valence-electron chi connectivity index (χ4n) is 2.38. The summed E-state index contributed by atoms with van der Waals surface area (Å²) in [4.78, 5) is 13.9. The van der Waals surface area contributed by atoms with Crippen LogP contribution < -0.4 is 4.90 Å². The van der Waals surface area contributed by atoms with Crippen LogP contribution in [0.2, 0.25) is 0 Å². The Kier molecular flexibility index (Phi) is 3.77. The summed E-state index contributed by atoms with van der Waals surface area (Å²) in [5.74, 6) is 0.274. The maximum absolute atomic E-state index is 13.1. The lowest BCUT2D eigenvalue weighted by Gasteiger charge is -2.18. The Morgan fingerprint density at radius 1 is 1.53 bits per heavy atom. The first kappa shape index (κ1) is 12.1. The zero-order valence-corrected chi connectivity index (χ0v) is 10.2. The molecule has 0 spiro atoms. The molecule has 1 aliphatic heterocycles. The van der Waals surface area contributed by atoms with Gasteiger partial charge in [-0.15, -0.1) is 0 Å². The Bertz CT molecular complexity index is 405. The summed E-state index contributed by atoms with van der Waals surface area (Å²) in [6.45, 7) is 3.61. The highest BCUT2D eigenvalue weighted by Gasteiger charge is 2.27. The summed E-state index contributed by atoms with van der Waals surface area (Å²) in [6, 6.07) is 6.59. The number of Topliss-reactive ketones (excluding diaryl/α,β-unsaturated/α-hetero) is 1. The zero-order chi connectivity index (χ0) is 12.3. The molecule has 1 unspecified atom stereocenters. The van der Waals surface area contributed by atoms with Crippen molar-refractivity contribution in [1.29, 1.82) is 0 Å². The minimum atomic E-state index is -0.217. The number of hydrogen-bond acceptors (Lipinski definition) is 2. The van der Waals surface area contributed by atoms with Crippen molar-refractivity contribution >= 4 is 11.5 Å². The second-order valence-corrected chi connectivity index (χ2v) is 4.63. The number of carbonyl (C=O) groups excluding carboxylic acids is 1. The van der Waals surface area contributed by atoms with E-state index in [1.807, 2.05) is 13.0 Å². The van der Waals surface area contributed by atoms with Crippen LogP contribution in [0.5, 0.6) is 0 Å². The molecule has 0 N–H and O–H groups in total. The molecule has 0 bridgehead atoms. The molecule has 0 radical (unpaired) electrons. The van der Waals surface area contributed by atoms with Crippen molar-refractivity contribution in [2.75, 3.05) is 18.0 Å². The van der Waals surface area contributed by atoms with Crippen LogP contribution in [-0.4, -0.2) is 18.9 Å². The van der Waals surface area contributed by atoms with Crippen molar-refractivity contribution in [2.45, 2.75) is 26.2 Å². The van der Waals surface area contributed by atoms with E-state index in [1.165, 1.54) is 12.1 Å². The molecule has 1 saturated heterocycles. The molecule has 1 heterocycles. The van der Waals surface area contributed by atoms with Gasteiger partial charge in [0, 0.05) is 31.1 Å². The van der Waals surface area contributed by atoms with Gasteiger partial charge in [0.25, 0.3) is 0 Å². The van der Waals surface area contributed by atoms with Crippen LogP contribution in [0.25, 0.3) is 0 Å². The van der Waals surface area contributed by atoms with Gasteiger partial charge < -0.3 is 4.90 Å². The zero-order valence-electron chi connectivity index (χ0n) is 10.2. The number of ketones is 1. The summed E-state index contributed by atoms with van der Waals surface area (Å²) in [5.41, 5.74) is 0.886. The van der Waals surface area contributed by atoms with E-state index < -0.39 is 0 Å². The summed E-state index contributed by atoms with van der Waals surface area (Å²) >= 11 is 0. The van der Waals surface area contributed by atoms with E-state index in [9.17, 15) is 9.18 Å². The van der Waals surface area contributed by atoms with E-state index >= 15 is 0 Å². The van der Waals surface area contributed by atoms with Gasteiger partial charge >= 0.3 is 0 Å². The number of hydrogen-bond donors (Lipinski definition) is 0. The summed E-state index contributed by atoms with van der Waals surface area (Å²) in [7, 11) is 0. The first-order chi connectivity index (χ1) is 8.20. The number of anilines is 1. The Labute approximate surface area is 101 Å². The molecule has 3 heteroatoms. The van der Waals surface area contributed by atoms with Crippen molar-refractivity contribution in [2.24, 2.45) is 5.92 Å². The van der Waals surface area contributed by atoms with E-state index in [0.717, 1.165) is 31.6 Å². The van der Waals surface area contributed by atoms with E-state index in [0.29, 0.717) is 12.2 Å². The van der Waals surface area contributed by atoms with Crippen LogP contribution in [0, 0.1) is 11.7 Å². The third-order valence-corrected chi connectivity index (χ3v) is 3.31. The molecule has 0 saturated carbocycles. The van der Waals surface area contributed by atoms with Crippen LogP contribution >= 0.6 is 0 Å². The molecule has 17 heavy (non-hydrogen) atoms. The summed E-state index contributed by atoms with van der Waals surface area (Å²) < 4.78 is 13.1. The van der Waals surface area contributed by atoms with Gasteiger partial charge in [0.15, 0.2) is 0 Å². The van der Waals surface area contributed by atoms with Gasteiger partial charge in [0.1, 0.15) is 11.6 Å². The van der Waals surface area contributed by atoms with E-state index in [4.69, 9.17) is 0 Å². The Morgan fingerprint density at radius 3 is 3.06 bits per heavy atom. The molecule has 1 aromatic carbocycles. The molecule has 0 amide bonds. The topological polar surface area (TPSA) is 20.3 Å². The Morgan fingerprint density at radius 2 is 2.35 bits per heavy atom. The summed E-state index contributed by atoms with van der Waals surface area (Å²) in [5, 5.41) is 0. The maximum Gasteiger partial charge on any atom is 0.137 e. The maximum atomic E-state index is 13.1. The minimum Gasteiger partial charge on any atom is -0.371 e. The highest BCUT2D eigenvalue weighted by molar-refractivity contribution is 5.82. The highest BCUT2D eigenvalue weighted by Crippen LogP contribution is 2.25. The number of rotatable bonds is 4. The molecule has 0 aliphatic carbocycles. The number of halogens is 1. The standard InChI is InChI=1S/C14H18FNO/c1-2-4-14(17)11-7-8-16(10-11)13-6-3-5-12(15)9-13/h3,5-6,9,11H,2,4,7-8,10H2,1H3. The first-order valence-corrected chi connectivity index (χ1v) is 6.24. The van der Waals surface area contributed by atoms with Gasteiger partial charge in [-0.05, 0) is 31.0 Å². The third kappa shape index (κ3) is 2.84. The number of nitrogens with zero attached hydrogens (tertiary/aromatic N) is 1. The van der Waals surface area contributed by atoms with Crippen LogP contribution in [0.4, 0.5) is 10.1 Å². The van der Waals surface area contributed by atoms with Gasteiger partial charge in [-0.2, -0.15) is 0 Å². The number of carbonyl (C=O) groups is 1. The molecule has 2 nitrogen and oxygen atoms in total.